The van der Waals surface area contributed by atoms with Gasteiger partial charge in [0.15, 0.2) is 23.1 Å². The van der Waals surface area contributed by atoms with E-state index in [0.29, 0.717) is 0 Å². The first-order chi connectivity index (χ1) is 17.5. The lowest BCUT2D eigenvalue weighted by Gasteiger charge is -2.37. The molecule has 3 heterocycles. The second-order valence-electron chi connectivity index (χ2n) is 8.38. The standard InChI is InChI=1S/C20H36ClN5O9P2/c1-5-31-36(29,32-6-2)14(37(30,33-7-3)34-8-4)9-20(22)17-18(23-11-25-20)26(12-24-17)19-16(28)15(27)13(10-21)35-19/h11,13-16,19,27-28H,5-10,12,22H2,1-4H3/t13-,15-,16-,19-,20?/m1/s1. The van der Waals surface area contributed by atoms with Crippen molar-refractivity contribution in [1.82, 2.24) is 4.90 Å². The van der Waals surface area contributed by atoms with Gasteiger partial charge in [-0.3, -0.25) is 14.1 Å². The molecule has 1 saturated heterocycles. The smallest absolute Gasteiger partial charge is 0.345 e. The topological polar surface area (TPSA) is 187 Å². The van der Waals surface area contributed by atoms with Crippen LogP contribution < -0.4 is 5.73 Å². The van der Waals surface area contributed by atoms with Gasteiger partial charge in [-0.1, -0.05) is 0 Å². The van der Waals surface area contributed by atoms with Crippen molar-refractivity contribution in [3.05, 3.63) is 0 Å². The molecule has 0 aromatic carbocycles. The predicted molar refractivity (Wildman–Crippen MR) is 139 cm³/mol. The molecule has 3 aliphatic heterocycles. The fourth-order valence-corrected chi connectivity index (χ4v) is 10.1. The summed E-state index contributed by atoms with van der Waals surface area (Å²) in [5, 5.41) is 19.4. The first-order valence-corrected chi connectivity index (χ1v) is 15.9. The molecule has 17 heteroatoms. The molecule has 212 valence electrons. The predicted octanol–water partition coefficient (Wildman–Crippen LogP) is 1.73. The largest absolute Gasteiger partial charge is 0.387 e. The molecular weight excluding hydrogens is 552 g/mol. The summed E-state index contributed by atoms with van der Waals surface area (Å²) in [7, 11) is -8.22. The van der Waals surface area contributed by atoms with Crippen LogP contribution in [0.2, 0.25) is 0 Å². The summed E-state index contributed by atoms with van der Waals surface area (Å²) >= 11 is 5.85. The minimum Gasteiger partial charge on any atom is -0.387 e. The third kappa shape index (κ3) is 6.05. The Bertz CT molecular complexity index is 951. The average molecular weight is 588 g/mol. The van der Waals surface area contributed by atoms with Crippen molar-refractivity contribution in [2.24, 2.45) is 20.7 Å². The van der Waals surface area contributed by atoms with Gasteiger partial charge in [-0.15, -0.1) is 11.6 Å². The van der Waals surface area contributed by atoms with Crippen molar-refractivity contribution in [2.75, 3.05) is 39.0 Å². The Hall–Kier alpha value is -0.760. The molecule has 0 spiro atoms. The van der Waals surface area contributed by atoms with E-state index in [0.717, 1.165) is 0 Å². The molecule has 1 unspecified atom stereocenters. The molecule has 0 radical (unpaired) electrons. The highest BCUT2D eigenvalue weighted by Crippen LogP contribution is 2.72. The summed E-state index contributed by atoms with van der Waals surface area (Å²) in [6.45, 7) is 6.54. The molecule has 5 atom stereocenters. The van der Waals surface area contributed by atoms with E-state index in [4.69, 9.17) is 40.2 Å². The second-order valence-corrected chi connectivity index (χ2v) is 13.5. The van der Waals surface area contributed by atoms with Crippen molar-refractivity contribution < 1.29 is 42.2 Å². The molecule has 0 bridgehead atoms. The molecule has 14 nitrogen and oxygen atoms in total. The number of alkyl halides is 1. The maximum absolute atomic E-state index is 14.0. The van der Waals surface area contributed by atoms with Gasteiger partial charge in [0.1, 0.15) is 37.0 Å². The minimum absolute atomic E-state index is 0.00920. The quantitative estimate of drug-likeness (QED) is 0.198. The molecule has 1 fully saturated rings. The van der Waals surface area contributed by atoms with E-state index in [9.17, 15) is 19.3 Å². The number of aliphatic hydroxyl groups excluding tert-OH is 2. The molecule has 0 saturated carbocycles. The van der Waals surface area contributed by atoms with Gasteiger partial charge in [0.25, 0.3) is 0 Å². The van der Waals surface area contributed by atoms with E-state index >= 15 is 0 Å². The number of amidine groups is 1. The Morgan fingerprint density at radius 1 is 1.11 bits per heavy atom. The van der Waals surface area contributed by atoms with Crippen LogP contribution in [0.1, 0.15) is 34.1 Å². The first kappa shape index (κ1) is 30.8. The summed E-state index contributed by atoms with van der Waals surface area (Å²) in [5.74, 6) is 0.203. The maximum Gasteiger partial charge on any atom is 0.345 e. The molecule has 4 N–H and O–H groups in total. The number of halogens is 1. The van der Waals surface area contributed by atoms with Crippen LogP contribution in [0.5, 0.6) is 0 Å². The van der Waals surface area contributed by atoms with Gasteiger partial charge < -0.3 is 43.7 Å². The third-order valence-corrected chi connectivity index (χ3v) is 12.3. The lowest BCUT2D eigenvalue weighted by Crippen LogP contribution is -2.56. The highest BCUT2D eigenvalue weighted by Gasteiger charge is 2.57. The van der Waals surface area contributed by atoms with Crippen LogP contribution in [0.3, 0.4) is 0 Å². The molecule has 0 aromatic rings. The molecule has 0 amide bonds. The van der Waals surface area contributed by atoms with Gasteiger partial charge in [0, 0.05) is 6.42 Å². The fourth-order valence-electron chi connectivity index (χ4n) is 4.41. The van der Waals surface area contributed by atoms with E-state index in [1.165, 1.54) is 11.2 Å². The van der Waals surface area contributed by atoms with E-state index in [1.54, 1.807) is 27.7 Å². The van der Waals surface area contributed by atoms with Gasteiger partial charge in [-0.2, -0.15) is 0 Å². The molecule has 0 aromatic heterocycles. The van der Waals surface area contributed by atoms with Gasteiger partial charge >= 0.3 is 15.2 Å². The van der Waals surface area contributed by atoms with Crippen LogP contribution in [0.15, 0.2) is 15.0 Å². The van der Waals surface area contributed by atoms with Gasteiger partial charge in [0.05, 0.1) is 32.3 Å². The number of hydrogen-bond acceptors (Lipinski definition) is 14. The van der Waals surface area contributed by atoms with E-state index in [2.05, 4.69) is 15.0 Å². The van der Waals surface area contributed by atoms with E-state index < -0.39 is 50.8 Å². The van der Waals surface area contributed by atoms with Crippen molar-refractivity contribution in [2.45, 2.75) is 69.7 Å². The van der Waals surface area contributed by atoms with E-state index in [-0.39, 0.29) is 56.9 Å². The SMILES string of the molecule is CCOP(=O)(OCC)C(CC1(N)N=CN=C2C1=NCN2[C@@H]1O[C@H](CCl)[C@@H](O)[C@H]1O)P(=O)(OCC)OCC. The van der Waals surface area contributed by atoms with Gasteiger partial charge in [-0.25, -0.2) is 9.98 Å². The molecule has 3 aliphatic rings. The van der Waals surface area contributed by atoms with Gasteiger partial charge in [-0.05, 0) is 27.7 Å². The summed E-state index contributed by atoms with van der Waals surface area (Å²) in [6, 6.07) is 0. The van der Waals surface area contributed by atoms with Crippen LogP contribution in [0.25, 0.3) is 0 Å². The van der Waals surface area contributed by atoms with Crippen molar-refractivity contribution in [3.63, 3.8) is 0 Å². The number of fused-ring (bicyclic) bond motifs is 1. The monoisotopic (exact) mass is 587 g/mol. The number of rotatable bonds is 14. The molecule has 37 heavy (non-hydrogen) atoms. The maximum atomic E-state index is 14.0. The Labute approximate surface area is 221 Å². The minimum atomic E-state index is -4.11. The number of aliphatic imine (C=N–C) groups is 3. The van der Waals surface area contributed by atoms with Gasteiger partial charge in [0.2, 0.25) is 0 Å². The molecular formula is C20H36ClN5O9P2. The fraction of sp³-hybridized carbons (Fsp3) is 0.850. The summed E-state index contributed by atoms with van der Waals surface area (Å²) in [5.41, 5.74) is 5.22. The van der Waals surface area contributed by atoms with E-state index in [1.807, 2.05) is 0 Å². The van der Waals surface area contributed by atoms with Crippen LogP contribution in [-0.2, 0) is 32.0 Å². The lowest BCUT2D eigenvalue weighted by molar-refractivity contribution is -0.0524. The highest BCUT2D eigenvalue weighted by molar-refractivity contribution is 7.72. The Morgan fingerprint density at radius 2 is 1.65 bits per heavy atom. The Kier molecular flexibility index (Phi) is 10.5. The molecule has 0 aliphatic carbocycles. The summed E-state index contributed by atoms with van der Waals surface area (Å²) in [4.78, 5) is 14.6. The Morgan fingerprint density at radius 3 is 2.11 bits per heavy atom. The third-order valence-electron chi connectivity index (χ3n) is 6.00. The Balaban J connectivity index is 1.97. The molecule has 3 rings (SSSR count). The number of ether oxygens (including phenoxy) is 1. The van der Waals surface area contributed by atoms with Crippen LogP contribution in [0, 0.1) is 0 Å². The summed E-state index contributed by atoms with van der Waals surface area (Å²) in [6.07, 6.45) is -3.43. The number of aliphatic hydroxyl groups is 2. The zero-order chi connectivity index (χ0) is 27.4. The highest BCUT2D eigenvalue weighted by atomic mass is 35.5. The summed E-state index contributed by atoms with van der Waals surface area (Å²) < 4.78 is 55.9. The van der Waals surface area contributed by atoms with Crippen molar-refractivity contribution >= 4 is 44.7 Å². The number of nitrogens with two attached hydrogens (primary N) is 1. The average Bonchev–Trinajstić information content (AvgIpc) is 3.40. The zero-order valence-corrected chi connectivity index (χ0v) is 23.8. The number of hydrogen-bond donors (Lipinski definition) is 3. The number of nitrogens with zero attached hydrogens (tertiary/aromatic N) is 4. The normalized spacial score (nSPS) is 30.1. The lowest BCUT2D eigenvalue weighted by atomic mass is 10.00. The van der Waals surface area contributed by atoms with Crippen molar-refractivity contribution in [3.8, 4) is 0 Å². The van der Waals surface area contributed by atoms with Crippen LogP contribution >= 0.6 is 26.8 Å². The first-order valence-electron chi connectivity index (χ1n) is 12.1. The van der Waals surface area contributed by atoms with Crippen LogP contribution in [0.4, 0.5) is 0 Å². The van der Waals surface area contributed by atoms with Crippen LogP contribution in [-0.4, -0.2) is 108 Å². The zero-order valence-electron chi connectivity index (χ0n) is 21.3. The second kappa shape index (κ2) is 12.6. The van der Waals surface area contributed by atoms with Crippen molar-refractivity contribution in [1.29, 1.82) is 0 Å².